The van der Waals surface area contributed by atoms with Crippen molar-refractivity contribution < 1.29 is 38.7 Å². The number of carbonyl (C=O) groups is 2. The van der Waals surface area contributed by atoms with E-state index in [4.69, 9.17) is 18.9 Å². The van der Waals surface area contributed by atoms with Crippen LogP contribution in [0.2, 0.25) is 0 Å². The first-order valence-corrected chi connectivity index (χ1v) is 13.5. The topological polar surface area (TPSA) is 136 Å². The fourth-order valence-electron chi connectivity index (χ4n) is 4.85. The SMILES string of the molecule is C=C1Cc2c(O)c(cc3ccccc23)OCNC(=O)COCCOCC(=O)NCOc2cc3ccccc3c(c2O)C1. The molecule has 4 aromatic carbocycles. The number of nitrogens with one attached hydrogen (secondary N) is 2. The summed E-state index contributed by atoms with van der Waals surface area (Å²) >= 11 is 0. The van der Waals surface area contributed by atoms with Gasteiger partial charge < -0.3 is 39.8 Å². The lowest BCUT2D eigenvalue weighted by Gasteiger charge is -2.18. The highest BCUT2D eigenvalue weighted by atomic mass is 16.5. The molecular weight excluding hydrogens is 540 g/mol. The summed E-state index contributed by atoms with van der Waals surface area (Å²) in [5.41, 5.74) is 1.94. The Labute approximate surface area is 242 Å². The fourth-order valence-corrected chi connectivity index (χ4v) is 4.85. The second-order valence-electron chi connectivity index (χ2n) is 9.83. The molecule has 0 atom stereocenters. The second-order valence-corrected chi connectivity index (χ2v) is 9.83. The van der Waals surface area contributed by atoms with Crippen LogP contribution >= 0.6 is 0 Å². The molecule has 0 saturated heterocycles. The molecule has 4 bridgehead atoms. The van der Waals surface area contributed by atoms with Gasteiger partial charge in [0.1, 0.15) is 13.2 Å². The molecule has 10 nitrogen and oxygen atoms in total. The number of hydrogen-bond donors (Lipinski definition) is 4. The normalized spacial score (nSPS) is 16.2. The van der Waals surface area contributed by atoms with Crippen molar-refractivity contribution in [3.8, 4) is 23.0 Å². The maximum Gasteiger partial charge on any atom is 0.248 e. The van der Waals surface area contributed by atoms with Crippen LogP contribution in [0.3, 0.4) is 0 Å². The molecule has 0 unspecified atom stereocenters. The summed E-state index contributed by atoms with van der Waals surface area (Å²) in [6, 6.07) is 18.6. The molecule has 0 radical (unpaired) electrons. The summed E-state index contributed by atoms with van der Waals surface area (Å²) < 4.78 is 22.1. The number of aromatic hydroxyl groups is 2. The van der Waals surface area contributed by atoms with E-state index in [1.807, 2.05) is 48.5 Å². The molecule has 0 aromatic heterocycles. The van der Waals surface area contributed by atoms with E-state index in [-0.39, 0.29) is 62.9 Å². The van der Waals surface area contributed by atoms with Crippen molar-refractivity contribution in [3.63, 3.8) is 0 Å². The predicted octanol–water partition coefficient (Wildman–Crippen LogP) is 3.70. The Kier molecular flexibility index (Phi) is 9.05. The number of fused-ring (bicyclic) bond motifs is 8. The van der Waals surface area contributed by atoms with Gasteiger partial charge >= 0.3 is 0 Å². The monoisotopic (exact) mass is 572 g/mol. The molecule has 1 heterocycles. The summed E-state index contributed by atoms with van der Waals surface area (Å²) in [4.78, 5) is 24.3. The first-order chi connectivity index (χ1) is 20.4. The third kappa shape index (κ3) is 6.73. The largest absolute Gasteiger partial charge is 0.504 e. The molecule has 4 aromatic rings. The average molecular weight is 573 g/mol. The van der Waals surface area contributed by atoms with Crippen molar-refractivity contribution >= 4 is 33.4 Å². The molecule has 42 heavy (non-hydrogen) atoms. The maximum atomic E-state index is 12.1. The number of rotatable bonds is 0. The summed E-state index contributed by atoms with van der Waals surface area (Å²) in [5.74, 6) is -0.511. The lowest BCUT2D eigenvalue weighted by Crippen LogP contribution is -2.32. The lowest BCUT2D eigenvalue weighted by atomic mass is 9.92. The molecule has 5 rings (SSSR count). The zero-order valence-corrected chi connectivity index (χ0v) is 23.0. The molecule has 4 N–H and O–H groups in total. The molecule has 218 valence electrons. The van der Waals surface area contributed by atoms with Crippen LogP contribution in [-0.4, -0.2) is 61.9 Å². The second kappa shape index (κ2) is 13.2. The average Bonchev–Trinajstić information content (AvgIpc) is 2.98. The molecule has 0 fully saturated rings. The highest BCUT2D eigenvalue weighted by Crippen LogP contribution is 2.41. The van der Waals surface area contributed by atoms with Gasteiger partial charge in [0.2, 0.25) is 11.8 Å². The van der Waals surface area contributed by atoms with Crippen LogP contribution in [-0.2, 0) is 31.9 Å². The van der Waals surface area contributed by atoms with Gasteiger partial charge in [-0.25, -0.2) is 0 Å². The molecule has 0 spiro atoms. The Bertz CT molecular complexity index is 1520. The highest BCUT2D eigenvalue weighted by Gasteiger charge is 2.19. The maximum absolute atomic E-state index is 12.1. The number of carbonyl (C=O) groups excluding carboxylic acids is 2. The van der Waals surface area contributed by atoms with Gasteiger partial charge in [-0.05, 0) is 46.5 Å². The van der Waals surface area contributed by atoms with Crippen LogP contribution in [0.1, 0.15) is 11.1 Å². The smallest absolute Gasteiger partial charge is 0.248 e. The zero-order chi connectivity index (χ0) is 29.5. The van der Waals surface area contributed by atoms with Gasteiger partial charge in [-0.1, -0.05) is 60.7 Å². The van der Waals surface area contributed by atoms with Crippen LogP contribution in [0.5, 0.6) is 23.0 Å². The fraction of sp³-hybridized carbons (Fsp3) is 0.250. The minimum Gasteiger partial charge on any atom is -0.504 e. The molecular formula is C32H32N2O8. The van der Waals surface area contributed by atoms with Crippen LogP contribution in [0.4, 0.5) is 0 Å². The number of ether oxygens (including phenoxy) is 4. The van der Waals surface area contributed by atoms with Crippen molar-refractivity contribution in [3.05, 3.63) is 83.9 Å². The zero-order valence-electron chi connectivity index (χ0n) is 23.0. The number of allylic oxidation sites excluding steroid dienone is 1. The van der Waals surface area contributed by atoms with Crippen LogP contribution < -0.4 is 20.1 Å². The van der Waals surface area contributed by atoms with Gasteiger partial charge in [-0.15, -0.1) is 0 Å². The summed E-state index contributed by atoms with van der Waals surface area (Å²) in [7, 11) is 0. The van der Waals surface area contributed by atoms with E-state index in [1.54, 1.807) is 12.1 Å². The highest BCUT2D eigenvalue weighted by molar-refractivity contribution is 5.91. The van der Waals surface area contributed by atoms with Gasteiger partial charge in [-0.2, -0.15) is 0 Å². The van der Waals surface area contributed by atoms with Crippen LogP contribution in [0.25, 0.3) is 21.5 Å². The van der Waals surface area contributed by atoms with E-state index in [9.17, 15) is 19.8 Å². The van der Waals surface area contributed by atoms with Crippen LogP contribution in [0.15, 0.2) is 72.8 Å². The third-order valence-corrected chi connectivity index (χ3v) is 6.87. The van der Waals surface area contributed by atoms with Gasteiger partial charge in [0, 0.05) is 11.1 Å². The minimum absolute atomic E-state index is 0.0576. The lowest BCUT2D eigenvalue weighted by molar-refractivity contribution is -0.130. The van der Waals surface area contributed by atoms with E-state index in [1.165, 1.54) is 0 Å². The first-order valence-electron chi connectivity index (χ1n) is 13.5. The number of phenols is 2. The number of phenolic OH excluding ortho intramolecular Hbond substituents is 2. The molecule has 10 heteroatoms. The van der Waals surface area contributed by atoms with E-state index < -0.39 is 11.8 Å². The van der Waals surface area contributed by atoms with E-state index in [2.05, 4.69) is 17.2 Å². The minimum atomic E-state index is -0.411. The van der Waals surface area contributed by atoms with Crippen molar-refractivity contribution in [1.82, 2.24) is 10.6 Å². The van der Waals surface area contributed by atoms with Crippen LogP contribution in [0, 0.1) is 0 Å². The Balaban J connectivity index is 1.48. The number of hydrogen-bond acceptors (Lipinski definition) is 8. The standard InChI is InChI=1S/C32H32N2O8/c1-20-12-25-23-8-4-2-6-21(23)14-27(31(25)37)41-18-33-29(35)16-39-10-11-40-17-30(36)34-19-42-28-15-22-7-3-5-9-24(22)26(13-20)32(28)38/h2-9,14-15,37-38H,1,10-13,16-19H2,(H,33,35)(H,34,36). The van der Waals surface area contributed by atoms with Gasteiger partial charge in [0.25, 0.3) is 0 Å². The quantitative estimate of drug-likeness (QED) is 0.234. The Morgan fingerprint density at radius 3 is 1.55 bits per heavy atom. The summed E-state index contributed by atoms with van der Waals surface area (Å²) in [6.45, 7) is 3.66. The molecule has 1 aliphatic heterocycles. The van der Waals surface area contributed by atoms with Crippen molar-refractivity contribution in [2.24, 2.45) is 0 Å². The van der Waals surface area contributed by atoms with Gasteiger partial charge in [0.05, 0.1) is 13.2 Å². The van der Waals surface area contributed by atoms with E-state index in [0.717, 1.165) is 27.1 Å². The molecule has 2 amide bonds. The molecule has 1 aliphatic rings. The van der Waals surface area contributed by atoms with Gasteiger partial charge in [0.15, 0.2) is 36.5 Å². The number of benzene rings is 4. The van der Waals surface area contributed by atoms with Gasteiger partial charge in [-0.3, -0.25) is 9.59 Å². The molecule has 0 saturated carbocycles. The molecule has 0 aliphatic carbocycles. The third-order valence-electron chi connectivity index (χ3n) is 6.87. The first kappa shape index (κ1) is 28.7. The Hall–Kier alpha value is -4.80. The summed E-state index contributed by atoms with van der Waals surface area (Å²) in [6.07, 6.45) is 0.581. The van der Waals surface area contributed by atoms with E-state index in [0.29, 0.717) is 24.0 Å². The number of amides is 2. The van der Waals surface area contributed by atoms with Crippen molar-refractivity contribution in [2.45, 2.75) is 12.8 Å². The van der Waals surface area contributed by atoms with Crippen molar-refractivity contribution in [2.75, 3.05) is 39.9 Å². The van der Waals surface area contributed by atoms with Crippen molar-refractivity contribution in [1.29, 1.82) is 0 Å². The predicted molar refractivity (Wildman–Crippen MR) is 157 cm³/mol. The summed E-state index contributed by atoms with van der Waals surface area (Å²) in [5, 5.41) is 31.0. The Morgan fingerprint density at radius 1 is 0.667 bits per heavy atom. The Morgan fingerprint density at radius 2 is 1.10 bits per heavy atom. The van der Waals surface area contributed by atoms with E-state index >= 15 is 0 Å².